The fourth-order valence-corrected chi connectivity index (χ4v) is 3.28. The van der Waals surface area contributed by atoms with E-state index in [1.807, 2.05) is 55.5 Å². The molecule has 3 rings (SSSR count). The van der Waals surface area contributed by atoms with Gasteiger partial charge in [0.1, 0.15) is 0 Å². The van der Waals surface area contributed by atoms with Crippen molar-refractivity contribution in [3.05, 3.63) is 70.5 Å². The highest BCUT2D eigenvalue weighted by molar-refractivity contribution is 7.99. The second-order valence-electron chi connectivity index (χ2n) is 5.12. The van der Waals surface area contributed by atoms with Crippen LogP contribution in [0.25, 0.3) is 10.9 Å². The predicted octanol–water partition coefficient (Wildman–Crippen LogP) is 3.62. The lowest BCUT2D eigenvalue weighted by Crippen LogP contribution is -2.27. The van der Waals surface area contributed by atoms with Crippen molar-refractivity contribution in [1.82, 2.24) is 9.55 Å². The summed E-state index contributed by atoms with van der Waals surface area (Å²) in [5.74, 6) is 0.256. The van der Waals surface area contributed by atoms with Gasteiger partial charge in [0.15, 0.2) is 5.16 Å². The van der Waals surface area contributed by atoms with Crippen LogP contribution in [0, 0.1) is 11.3 Å². The smallest absolute Gasteiger partial charge is 0.262 e. The Morgan fingerprint density at radius 3 is 2.61 bits per heavy atom. The molecule has 2 aromatic carbocycles. The minimum Gasteiger partial charge on any atom is -0.280 e. The van der Waals surface area contributed by atoms with Gasteiger partial charge < -0.3 is 0 Å². The fraction of sp³-hybridized carbons (Fsp3) is 0.167. The van der Waals surface area contributed by atoms with Crippen LogP contribution in [-0.2, 0) is 0 Å². The summed E-state index contributed by atoms with van der Waals surface area (Å²) in [5, 5.41) is 10.0. The van der Waals surface area contributed by atoms with Gasteiger partial charge in [-0.15, -0.1) is 0 Å². The first-order chi connectivity index (χ1) is 11.2. The van der Waals surface area contributed by atoms with Crippen molar-refractivity contribution in [2.24, 2.45) is 0 Å². The van der Waals surface area contributed by atoms with Gasteiger partial charge in [-0.1, -0.05) is 54.2 Å². The first-order valence-corrected chi connectivity index (χ1v) is 8.27. The second-order valence-corrected chi connectivity index (χ2v) is 6.06. The molecule has 4 nitrogen and oxygen atoms in total. The van der Waals surface area contributed by atoms with E-state index in [0.29, 0.717) is 16.1 Å². The Balaban J connectivity index is 2.22. The molecule has 0 amide bonds. The molecule has 0 radical (unpaired) electrons. The van der Waals surface area contributed by atoms with Crippen LogP contribution in [0.5, 0.6) is 0 Å². The van der Waals surface area contributed by atoms with Crippen LogP contribution < -0.4 is 5.56 Å². The van der Waals surface area contributed by atoms with Gasteiger partial charge in [0.05, 0.1) is 28.8 Å². The summed E-state index contributed by atoms with van der Waals surface area (Å²) in [4.78, 5) is 17.5. The number of nitrogens with zero attached hydrogens (tertiary/aromatic N) is 3. The summed E-state index contributed by atoms with van der Waals surface area (Å²) >= 11 is 1.29. The van der Waals surface area contributed by atoms with Crippen LogP contribution in [0.1, 0.15) is 18.5 Å². The van der Waals surface area contributed by atoms with Gasteiger partial charge in [-0.05, 0) is 24.6 Å². The highest BCUT2D eigenvalue weighted by Gasteiger charge is 2.17. The lowest BCUT2D eigenvalue weighted by Gasteiger charge is -2.19. The van der Waals surface area contributed by atoms with Gasteiger partial charge >= 0.3 is 0 Å². The van der Waals surface area contributed by atoms with Gasteiger partial charge in [0.25, 0.3) is 5.56 Å². The van der Waals surface area contributed by atoms with Crippen LogP contribution in [-0.4, -0.2) is 15.3 Å². The van der Waals surface area contributed by atoms with Crippen molar-refractivity contribution < 1.29 is 0 Å². The molecule has 23 heavy (non-hydrogen) atoms. The third-order valence-electron chi connectivity index (χ3n) is 3.71. The maximum absolute atomic E-state index is 13.0. The summed E-state index contributed by atoms with van der Waals surface area (Å²) in [6.45, 7) is 1.98. The van der Waals surface area contributed by atoms with E-state index in [4.69, 9.17) is 5.26 Å². The largest absolute Gasteiger partial charge is 0.280 e. The van der Waals surface area contributed by atoms with Crippen molar-refractivity contribution >= 4 is 22.7 Å². The molecule has 0 fully saturated rings. The van der Waals surface area contributed by atoms with E-state index >= 15 is 0 Å². The number of thioether (sulfide) groups is 1. The predicted molar refractivity (Wildman–Crippen MR) is 92.6 cm³/mol. The summed E-state index contributed by atoms with van der Waals surface area (Å²) < 4.78 is 1.68. The summed E-state index contributed by atoms with van der Waals surface area (Å²) in [6, 6.07) is 19.1. The Morgan fingerprint density at radius 2 is 1.87 bits per heavy atom. The Labute approximate surface area is 138 Å². The first kappa shape index (κ1) is 15.3. The SMILES string of the molecule is C[C@@H](c1ccccc1)n1c(SCC#N)nc2ccccc2c1=O. The molecule has 1 aromatic heterocycles. The van der Waals surface area contributed by atoms with E-state index in [9.17, 15) is 4.79 Å². The third-order valence-corrected chi connectivity index (χ3v) is 4.53. The number of hydrogen-bond donors (Lipinski definition) is 0. The van der Waals surface area contributed by atoms with E-state index in [0.717, 1.165) is 5.56 Å². The Kier molecular flexibility index (Phi) is 4.45. The zero-order valence-electron chi connectivity index (χ0n) is 12.6. The van der Waals surface area contributed by atoms with Crippen molar-refractivity contribution in [1.29, 1.82) is 5.26 Å². The van der Waals surface area contributed by atoms with Crippen LogP contribution in [0.2, 0.25) is 0 Å². The number of nitriles is 1. The molecule has 0 unspecified atom stereocenters. The lowest BCUT2D eigenvalue weighted by atomic mass is 10.1. The molecule has 1 heterocycles. The molecule has 114 valence electrons. The Hall–Kier alpha value is -2.58. The van der Waals surface area contributed by atoms with Crippen molar-refractivity contribution in [3.63, 3.8) is 0 Å². The van der Waals surface area contributed by atoms with Gasteiger partial charge in [-0.25, -0.2) is 4.98 Å². The normalized spacial score (nSPS) is 12.0. The van der Waals surface area contributed by atoms with Gasteiger partial charge in [-0.3, -0.25) is 9.36 Å². The minimum absolute atomic E-state index is 0.0765. The molecule has 0 aliphatic heterocycles. The van der Waals surface area contributed by atoms with E-state index in [1.54, 1.807) is 10.6 Å². The Morgan fingerprint density at radius 1 is 1.17 bits per heavy atom. The molecule has 0 aliphatic carbocycles. The molecule has 0 saturated heterocycles. The van der Waals surface area contributed by atoms with Crippen LogP contribution in [0.15, 0.2) is 64.5 Å². The maximum Gasteiger partial charge on any atom is 0.262 e. The van der Waals surface area contributed by atoms with E-state index < -0.39 is 0 Å². The topological polar surface area (TPSA) is 58.7 Å². The Bertz CT molecular complexity index is 928. The molecule has 0 N–H and O–H groups in total. The number of hydrogen-bond acceptors (Lipinski definition) is 4. The zero-order valence-corrected chi connectivity index (χ0v) is 13.5. The molecule has 0 saturated carbocycles. The summed E-state index contributed by atoms with van der Waals surface area (Å²) in [5.41, 5.74) is 1.62. The molecule has 5 heteroatoms. The monoisotopic (exact) mass is 321 g/mol. The number of benzene rings is 2. The number of aromatic nitrogens is 2. The third kappa shape index (κ3) is 2.99. The zero-order chi connectivity index (χ0) is 16.2. The lowest BCUT2D eigenvalue weighted by molar-refractivity contribution is 0.549. The number of para-hydroxylation sites is 1. The standard InChI is InChI=1S/C18H15N3OS/c1-13(14-7-3-2-4-8-14)21-17(22)15-9-5-6-10-16(15)20-18(21)23-12-11-19/h2-10,13H,12H2,1H3/t13-/m0/s1. The molecule has 1 atom stereocenters. The summed E-state index contributed by atoms with van der Waals surface area (Å²) in [6.07, 6.45) is 0. The molecular weight excluding hydrogens is 306 g/mol. The van der Waals surface area contributed by atoms with Gasteiger partial charge in [-0.2, -0.15) is 5.26 Å². The van der Waals surface area contributed by atoms with E-state index in [1.165, 1.54) is 11.8 Å². The molecule has 3 aromatic rings. The first-order valence-electron chi connectivity index (χ1n) is 7.28. The van der Waals surface area contributed by atoms with Crippen molar-refractivity contribution in [2.45, 2.75) is 18.1 Å². The van der Waals surface area contributed by atoms with E-state index in [2.05, 4.69) is 11.1 Å². The van der Waals surface area contributed by atoms with Crippen LogP contribution in [0.3, 0.4) is 0 Å². The highest BCUT2D eigenvalue weighted by atomic mass is 32.2. The van der Waals surface area contributed by atoms with Gasteiger partial charge in [0, 0.05) is 0 Å². The maximum atomic E-state index is 13.0. The quantitative estimate of drug-likeness (QED) is 0.544. The highest BCUT2D eigenvalue weighted by Crippen LogP contribution is 2.24. The van der Waals surface area contributed by atoms with Gasteiger partial charge in [0.2, 0.25) is 0 Å². The molecule has 0 spiro atoms. The van der Waals surface area contributed by atoms with Crippen LogP contribution in [0.4, 0.5) is 0 Å². The average molecular weight is 321 g/mol. The van der Waals surface area contributed by atoms with Crippen molar-refractivity contribution in [3.8, 4) is 6.07 Å². The molecular formula is C18H15N3OS. The minimum atomic E-state index is -0.151. The molecule has 0 bridgehead atoms. The number of rotatable bonds is 4. The van der Waals surface area contributed by atoms with E-state index in [-0.39, 0.29) is 17.4 Å². The second kappa shape index (κ2) is 6.67. The fourth-order valence-electron chi connectivity index (χ4n) is 2.55. The average Bonchev–Trinajstić information content (AvgIpc) is 2.60. The van der Waals surface area contributed by atoms with Crippen molar-refractivity contribution in [2.75, 3.05) is 5.75 Å². The number of fused-ring (bicyclic) bond motifs is 1. The van der Waals surface area contributed by atoms with Crippen LogP contribution >= 0.6 is 11.8 Å². The molecule has 0 aliphatic rings. The summed E-state index contributed by atoms with van der Waals surface area (Å²) in [7, 11) is 0.